The number of anilines is 2. The standard InChI is InChI=1S/C9H14N6O2/c1-14-2-4-15(5-3-14)9-11-7(10)6(13-17)8(16)12-9/h2-5H2,1H3,(H3,10,11,12,16). The van der Waals surface area contributed by atoms with Crippen molar-refractivity contribution in [2.24, 2.45) is 5.18 Å². The van der Waals surface area contributed by atoms with Gasteiger partial charge in [0.25, 0.3) is 5.56 Å². The van der Waals surface area contributed by atoms with E-state index < -0.39 is 5.56 Å². The largest absolute Gasteiger partial charge is 0.382 e. The molecule has 3 N–H and O–H groups in total. The van der Waals surface area contributed by atoms with Gasteiger partial charge in [0, 0.05) is 26.2 Å². The van der Waals surface area contributed by atoms with E-state index in [9.17, 15) is 9.70 Å². The Kier molecular flexibility index (Phi) is 3.05. The summed E-state index contributed by atoms with van der Waals surface area (Å²) in [7, 11) is 2.03. The number of nitrogens with one attached hydrogen (secondary N) is 1. The topological polar surface area (TPSA) is 108 Å². The number of likely N-dealkylation sites (N-methyl/N-ethyl adjacent to an activating group) is 1. The first kappa shape index (κ1) is 11.5. The fourth-order valence-electron chi connectivity index (χ4n) is 1.73. The lowest BCUT2D eigenvalue weighted by Gasteiger charge is -2.32. The van der Waals surface area contributed by atoms with Gasteiger partial charge >= 0.3 is 0 Å². The molecule has 0 aliphatic carbocycles. The van der Waals surface area contributed by atoms with Crippen LogP contribution in [0.1, 0.15) is 0 Å². The number of piperazine rings is 1. The number of aromatic amines is 1. The van der Waals surface area contributed by atoms with E-state index in [4.69, 9.17) is 5.73 Å². The normalized spacial score (nSPS) is 17.1. The van der Waals surface area contributed by atoms with Crippen LogP contribution < -0.4 is 16.2 Å². The van der Waals surface area contributed by atoms with Crippen LogP contribution in [0, 0.1) is 4.91 Å². The minimum atomic E-state index is -0.596. The van der Waals surface area contributed by atoms with Gasteiger partial charge in [-0.1, -0.05) is 0 Å². The Labute approximate surface area is 97.4 Å². The molecule has 92 valence electrons. The van der Waals surface area contributed by atoms with Crippen molar-refractivity contribution in [2.75, 3.05) is 43.9 Å². The number of rotatable bonds is 2. The summed E-state index contributed by atoms with van der Waals surface area (Å²) in [6.07, 6.45) is 0. The molecule has 0 saturated carbocycles. The molecule has 1 aliphatic rings. The number of nitrogen functional groups attached to an aromatic ring is 1. The molecule has 0 unspecified atom stereocenters. The van der Waals surface area contributed by atoms with Crippen molar-refractivity contribution in [3.8, 4) is 0 Å². The summed E-state index contributed by atoms with van der Waals surface area (Å²) in [5.41, 5.74) is 4.55. The predicted molar refractivity (Wildman–Crippen MR) is 64.4 cm³/mol. The van der Waals surface area contributed by atoms with Crippen molar-refractivity contribution in [2.45, 2.75) is 0 Å². The number of nitrogens with two attached hydrogens (primary N) is 1. The Balaban J connectivity index is 2.28. The van der Waals surface area contributed by atoms with Gasteiger partial charge < -0.3 is 15.5 Å². The summed E-state index contributed by atoms with van der Waals surface area (Å²) < 4.78 is 0. The highest BCUT2D eigenvalue weighted by Crippen LogP contribution is 2.17. The second-order valence-electron chi connectivity index (χ2n) is 4.00. The lowest BCUT2D eigenvalue weighted by Crippen LogP contribution is -2.45. The molecule has 8 heteroatoms. The summed E-state index contributed by atoms with van der Waals surface area (Å²) in [4.78, 5) is 32.5. The number of aromatic nitrogens is 2. The molecule has 1 aromatic heterocycles. The van der Waals surface area contributed by atoms with Gasteiger partial charge in [-0.15, -0.1) is 4.91 Å². The van der Waals surface area contributed by atoms with Gasteiger partial charge in [-0.3, -0.25) is 9.78 Å². The first-order chi connectivity index (χ1) is 8.11. The van der Waals surface area contributed by atoms with Crippen molar-refractivity contribution in [3.05, 3.63) is 15.3 Å². The number of hydrogen-bond donors (Lipinski definition) is 2. The van der Waals surface area contributed by atoms with E-state index in [1.807, 2.05) is 11.9 Å². The van der Waals surface area contributed by atoms with Crippen LogP contribution >= 0.6 is 0 Å². The Bertz CT molecular complexity index is 477. The maximum Gasteiger partial charge on any atom is 0.284 e. The first-order valence-corrected chi connectivity index (χ1v) is 5.28. The average molecular weight is 238 g/mol. The molecular formula is C9H14N6O2. The van der Waals surface area contributed by atoms with Gasteiger partial charge in [0.15, 0.2) is 5.82 Å². The zero-order valence-corrected chi connectivity index (χ0v) is 9.51. The molecule has 0 atom stereocenters. The monoisotopic (exact) mass is 238 g/mol. The second kappa shape index (κ2) is 4.50. The second-order valence-corrected chi connectivity index (χ2v) is 4.00. The van der Waals surface area contributed by atoms with Gasteiger partial charge in [-0.05, 0) is 12.2 Å². The molecule has 1 fully saturated rings. The third-order valence-corrected chi connectivity index (χ3v) is 2.80. The Morgan fingerprint density at radius 1 is 1.35 bits per heavy atom. The van der Waals surface area contributed by atoms with Gasteiger partial charge in [0.05, 0.1) is 0 Å². The minimum absolute atomic E-state index is 0.127. The van der Waals surface area contributed by atoms with Crippen molar-refractivity contribution < 1.29 is 0 Å². The van der Waals surface area contributed by atoms with Crippen LogP contribution in [0.2, 0.25) is 0 Å². The Morgan fingerprint density at radius 2 is 2.00 bits per heavy atom. The van der Waals surface area contributed by atoms with Gasteiger partial charge in [-0.25, -0.2) is 0 Å². The van der Waals surface area contributed by atoms with Crippen molar-refractivity contribution >= 4 is 17.5 Å². The van der Waals surface area contributed by atoms with E-state index in [-0.39, 0.29) is 11.5 Å². The zero-order valence-electron chi connectivity index (χ0n) is 9.51. The van der Waals surface area contributed by atoms with Crippen molar-refractivity contribution in [1.29, 1.82) is 0 Å². The molecule has 0 radical (unpaired) electrons. The van der Waals surface area contributed by atoms with Crippen LogP contribution in [0.3, 0.4) is 0 Å². The summed E-state index contributed by atoms with van der Waals surface area (Å²) in [5.74, 6) is 0.269. The molecule has 1 aliphatic heterocycles. The molecule has 0 spiro atoms. The van der Waals surface area contributed by atoms with E-state index >= 15 is 0 Å². The highest BCUT2D eigenvalue weighted by atomic mass is 16.3. The third-order valence-electron chi connectivity index (χ3n) is 2.80. The van der Waals surface area contributed by atoms with Crippen molar-refractivity contribution in [1.82, 2.24) is 14.9 Å². The van der Waals surface area contributed by atoms with Crippen LogP contribution in [0.15, 0.2) is 9.97 Å². The lowest BCUT2D eigenvalue weighted by molar-refractivity contribution is 0.311. The molecule has 1 aromatic rings. The van der Waals surface area contributed by atoms with E-state index in [0.717, 1.165) is 26.2 Å². The van der Waals surface area contributed by atoms with E-state index in [2.05, 4.69) is 20.0 Å². The molecular weight excluding hydrogens is 224 g/mol. The third kappa shape index (κ3) is 2.26. The van der Waals surface area contributed by atoms with Gasteiger partial charge in [0.2, 0.25) is 11.6 Å². The quantitative estimate of drug-likeness (QED) is 0.672. The van der Waals surface area contributed by atoms with E-state index in [1.54, 1.807) is 0 Å². The molecule has 0 aromatic carbocycles. The van der Waals surface area contributed by atoms with Gasteiger partial charge in [-0.2, -0.15) is 4.98 Å². The Hall–Kier alpha value is -1.96. The summed E-state index contributed by atoms with van der Waals surface area (Å²) >= 11 is 0. The fourth-order valence-corrected chi connectivity index (χ4v) is 1.73. The number of nitroso groups, excluding NO2 is 1. The summed E-state index contributed by atoms with van der Waals surface area (Å²) in [5, 5.41) is 2.56. The summed E-state index contributed by atoms with van der Waals surface area (Å²) in [6.45, 7) is 3.29. The molecule has 2 heterocycles. The van der Waals surface area contributed by atoms with Crippen molar-refractivity contribution in [3.63, 3.8) is 0 Å². The SMILES string of the molecule is CN1CCN(c2nc(N)c(N=O)c(=O)[nH]2)CC1. The smallest absolute Gasteiger partial charge is 0.284 e. The molecule has 0 bridgehead atoms. The average Bonchev–Trinajstić information content (AvgIpc) is 2.29. The van der Waals surface area contributed by atoms with Crippen LogP contribution in [-0.4, -0.2) is 48.1 Å². The van der Waals surface area contributed by atoms with E-state index in [0.29, 0.717) is 5.95 Å². The number of H-pyrrole nitrogens is 1. The zero-order chi connectivity index (χ0) is 12.4. The molecule has 1 saturated heterocycles. The predicted octanol–water partition coefficient (Wildman–Crippen LogP) is -0.498. The summed E-state index contributed by atoms with van der Waals surface area (Å²) in [6, 6.07) is 0. The molecule has 0 amide bonds. The highest BCUT2D eigenvalue weighted by Gasteiger charge is 2.18. The van der Waals surface area contributed by atoms with Gasteiger partial charge in [0.1, 0.15) is 0 Å². The molecule has 17 heavy (non-hydrogen) atoms. The van der Waals surface area contributed by atoms with Crippen LogP contribution in [0.25, 0.3) is 0 Å². The van der Waals surface area contributed by atoms with Crippen LogP contribution in [0.4, 0.5) is 17.5 Å². The lowest BCUT2D eigenvalue weighted by atomic mass is 10.3. The number of hydrogen-bond acceptors (Lipinski definition) is 7. The highest BCUT2D eigenvalue weighted by molar-refractivity contribution is 5.57. The van der Waals surface area contributed by atoms with Crippen LogP contribution in [0.5, 0.6) is 0 Å². The Morgan fingerprint density at radius 3 is 2.53 bits per heavy atom. The number of nitrogens with zero attached hydrogens (tertiary/aromatic N) is 4. The maximum atomic E-state index is 11.5. The molecule has 2 rings (SSSR count). The van der Waals surface area contributed by atoms with E-state index in [1.165, 1.54) is 0 Å². The fraction of sp³-hybridized carbons (Fsp3) is 0.556. The molecule has 8 nitrogen and oxygen atoms in total. The minimum Gasteiger partial charge on any atom is -0.382 e. The van der Waals surface area contributed by atoms with Crippen LogP contribution in [-0.2, 0) is 0 Å². The first-order valence-electron chi connectivity index (χ1n) is 5.28. The maximum absolute atomic E-state index is 11.5.